The van der Waals surface area contributed by atoms with Crippen molar-refractivity contribution in [3.63, 3.8) is 0 Å². The van der Waals surface area contributed by atoms with Gasteiger partial charge in [0.2, 0.25) is 0 Å². The molecule has 0 bridgehead atoms. The molecule has 1 fully saturated rings. The zero-order valence-electron chi connectivity index (χ0n) is 8.07. The van der Waals surface area contributed by atoms with E-state index in [-0.39, 0.29) is 5.56 Å². The van der Waals surface area contributed by atoms with Crippen molar-refractivity contribution in [1.29, 1.82) is 0 Å². The van der Waals surface area contributed by atoms with Crippen LogP contribution in [0.5, 0.6) is 5.75 Å². The minimum Gasteiger partial charge on any atom is -0.492 e. The minimum atomic E-state index is -0.914. The standard InChI is InChI=1S/C11H11IO3/c12-9-4-3-8(11(13)14)5-10(9)15-6-7-1-2-7/h3-5,7H,1-2,6H2,(H,13,14). The van der Waals surface area contributed by atoms with Crippen LogP contribution in [0.1, 0.15) is 23.2 Å². The van der Waals surface area contributed by atoms with Gasteiger partial charge < -0.3 is 9.84 Å². The van der Waals surface area contributed by atoms with Gasteiger partial charge in [-0.3, -0.25) is 0 Å². The van der Waals surface area contributed by atoms with E-state index in [1.807, 2.05) is 0 Å². The van der Waals surface area contributed by atoms with E-state index in [1.165, 1.54) is 12.8 Å². The summed E-state index contributed by atoms with van der Waals surface area (Å²) in [5.74, 6) is 0.444. The molecule has 80 valence electrons. The van der Waals surface area contributed by atoms with Crippen molar-refractivity contribution in [3.8, 4) is 5.75 Å². The topological polar surface area (TPSA) is 46.5 Å². The van der Waals surface area contributed by atoms with Crippen molar-refractivity contribution in [2.75, 3.05) is 6.61 Å². The predicted octanol–water partition coefficient (Wildman–Crippen LogP) is 2.78. The fraction of sp³-hybridized carbons (Fsp3) is 0.364. The molecule has 1 saturated carbocycles. The van der Waals surface area contributed by atoms with E-state index in [9.17, 15) is 4.79 Å². The van der Waals surface area contributed by atoms with Crippen molar-refractivity contribution in [2.24, 2.45) is 5.92 Å². The van der Waals surface area contributed by atoms with E-state index in [1.54, 1.807) is 18.2 Å². The van der Waals surface area contributed by atoms with E-state index < -0.39 is 5.97 Å². The molecule has 0 aliphatic heterocycles. The highest BCUT2D eigenvalue weighted by molar-refractivity contribution is 14.1. The Labute approximate surface area is 102 Å². The van der Waals surface area contributed by atoms with Gasteiger partial charge in [0.1, 0.15) is 5.75 Å². The number of hydrogen-bond acceptors (Lipinski definition) is 2. The summed E-state index contributed by atoms with van der Waals surface area (Å²) in [5, 5.41) is 8.83. The number of halogens is 1. The van der Waals surface area contributed by atoms with Gasteiger partial charge in [-0.25, -0.2) is 4.79 Å². The fourth-order valence-corrected chi connectivity index (χ4v) is 1.73. The monoisotopic (exact) mass is 318 g/mol. The highest BCUT2D eigenvalue weighted by Crippen LogP contribution is 2.31. The van der Waals surface area contributed by atoms with Crippen molar-refractivity contribution in [1.82, 2.24) is 0 Å². The first-order chi connectivity index (χ1) is 7.16. The molecule has 1 aliphatic rings. The molecule has 0 aromatic heterocycles. The minimum absolute atomic E-state index is 0.279. The third kappa shape index (κ3) is 2.84. The zero-order chi connectivity index (χ0) is 10.8. The van der Waals surface area contributed by atoms with Crippen LogP contribution >= 0.6 is 22.6 Å². The smallest absolute Gasteiger partial charge is 0.335 e. The molecule has 0 saturated heterocycles. The summed E-state index contributed by atoms with van der Waals surface area (Å²) >= 11 is 2.15. The molecular weight excluding hydrogens is 307 g/mol. The molecule has 0 spiro atoms. The second kappa shape index (κ2) is 4.38. The quantitative estimate of drug-likeness (QED) is 0.869. The van der Waals surface area contributed by atoms with Crippen molar-refractivity contribution < 1.29 is 14.6 Å². The van der Waals surface area contributed by atoms with Crippen LogP contribution in [0.3, 0.4) is 0 Å². The molecule has 4 heteroatoms. The van der Waals surface area contributed by atoms with E-state index in [4.69, 9.17) is 9.84 Å². The average Bonchev–Trinajstić information content (AvgIpc) is 3.00. The number of hydrogen-bond donors (Lipinski definition) is 1. The van der Waals surface area contributed by atoms with Gasteiger partial charge in [0, 0.05) is 0 Å². The van der Waals surface area contributed by atoms with Gasteiger partial charge in [-0.05, 0) is 59.5 Å². The summed E-state index contributed by atoms with van der Waals surface area (Å²) in [5.41, 5.74) is 0.279. The molecule has 1 aromatic carbocycles. The third-order valence-electron chi connectivity index (χ3n) is 2.35. The summed E-state index contributed by atoms with van der Waals surface area (Å²) in [6, 6.07) is 4.95. The molecular formula is C11H11IO3. The molecule has 0 heterocycles. The SMILES string of the molecule is O=C(O)c1ccc(I)c(OCC2CC2)c1. The first kappa shape index (κ1) is 10.7. The van der Waals surface area contributed by atoms with E-state index in [0.29, 0.717) is 18.3 Å². The van der Waals surface area contributed by atoms with Crippen LogP contribution in [-0.4, -0.2) is 17.7 Å². The van der Waals surface area contributed by atoms with Crippen LogP contribution in [0.4, 0.5) is 0 Å². The first-order valence-electron chi connectivity index (χ1n) is 4.82. The summed E-state index contributed by atoms with van der Waals surface area (Å²) in [6.45, 7) is 0.707. The van der Waals surface area contributed by atoms with E-state index in [2.05, 4.69) is 22.6 Å². The summed E-state index contributed by atoms with van der Waals surface area (Å²) in [7, 11) is 0. The van der Waals surface area contributed by atoms with Crippen molar-refractivity contribution in [3.05, 3.63) is 27.3 Å². The molecule has 0 unspecified atom stereocenters. The lowest BCUT2D eigenvalue weighted by atomic mass is 10.2. The second-order valence-corrected chi connectivity index (χ2v) is 4.87. The maximum atomic E-state index is 10.8. The lowest BCUT2D eigenvalue weighted by molar-refractivity contribution is 0.0696. The highest BCUT2D eigenvalue weighted by Gasteiger charge is 2.22. The molecule has 0 radical (unpaired) electrons. The van der Waals surface area contributed by atoms with Crippen molar-refractivity contribution in [2.45, 2.75) is 12.8 Å². The molecule has 0 atom stereocenters. The highest BCUT2D eigenvalue weighted by atomic mass is 127. The Bertz CT molecular complexity index is 385. The van der Waals surface area contributed by atoms with Gasteiger partial charge in [-0.15, -0.1) is 0 Å². The largest absolute Gasteiger partial charge is 0.492 e. The number of carboxylic acid groups (broad SMARTS) is 1. The second-order valence-electron chi connectivity index (χ2n) is 3.70. The zero-order valence-corrected chi connectivity index (χ0v) is 10.2. The number of carbonyl (C=O) groups is 1. The van der Waals surface area contributed by atoms with Gasteiger partial charge in [-0.1, -0.05) is 0 Å². The maximum Gasteiger partial charge on any atom is 0.335 e. The van der Waals surface area contributed by atoms with Gasteiger partial charge in [0.25, 0.3) is 0 Å². The lowest BCUT2D eigenvalue weighted by Crippen LogP contribution is -2.03. The predicted molar refractivity (Wildman–Crippen MR) is 64.3 cm³/mol. The van der Waals surface area contributed by atoms with Crippen LogP contribution in [0.2, 0.25) is 0 Å². The third-order valence-corrected chi connectivity index (χ3v) is 3.24. The Balaban J connectivity index is 2.12. The first-order valence-corrected chi connectivity index (χ1v) is 5.90. The molecule has 1 N–H and O–H groups in total. The number of aromatic carboxylic acids is 1. The van der Waals surface area contributed by atoms with Crippen LogP contribution < -0.4 is 4.74 Å². The molecule has 2 rings (SSSR count). The van der Waals surface area contributed by atoms with E-state index >= 15 is 0 Å². The molecule has 0 amide bonds. The molecule has 1 aromatic rings. The molecule has 1 aliphatic carbocycles. The van der Waals surface area contributed by atoms with Crippen LogP contribution in [0.25, 0.3) is 0 Å². The molecule has 3 nitrogen and oxygen atoms in total. The lowest BCUT2D eigenvalue weighted by Gasteiger charge is -2.08. The summed E-state index contributed by atoms with van der Waals surface area (Å²) in [6.07, 6.45) is 2.46. The Morgan fingerprint density at radius 3 is 2.87 bits per heavy atom. The van der Waals surface area contributed by atoms with E-state index in [0.717, 1.165) is 3.57 Å². The van der Waals surface area contributed by atoms with Gasteiger partial charge >= 0.3 is 5.97 Å². The van der Waals surface area contributed by atoms with Crippen molar-refractivity contribution >= 4 is 28.6 Å². The number of carboxylic acids is 1. The Morgan fingerprint density at radius 2 is 2.27 bits per heavy atom. The Kier molecular flexibility index (Phi) is 3.14. The van der Waals surface area contributed by atoms with Crippen LogP contribution in [0, 0.1) is 9.49 Å². The van der Waals surface area contributed by atoms with Crippen LogP contribution in [-0.2, 0) is 0 Å². The number of rotatable bonds is 4. The number of ether oxygens (including phenoxy) is 1. The number of benzene rings is 1. The summed E-state index contributed by atoms with van der Waals surface area (Å²) < 4.78 is 6.54. The normalized spacial score (nSPS) is 15.0. The average molecular weight is 318 g/mol. The van der Waals surface area contributed by atoms with Gasteiger partial charge in [0.05, 0.1) is 15.7 Å². The van der Waals surface area contributed by atoms with Gasteiger partial charge in [0.15, 0.2) is 0 Å². The molecule has 15 heavy (non-hydrogen) atoms. The fourth-order valence-electron chi connectivity index (χ4n) is 1.24. The van der Waals surface area contributed by atoms with Crippen LogP contribution in [0.15, 0.2) is 18.2 Å². The summed E-state index contributed by atoms with van der Waals surface area (Å²) in [4.78, 5) is 10.8. The Morgan fingerprint density at radius 1 is 1.53 bits per heavy atom. The maximum absolute atomic E-state index is 10.8. The van der Waals surface area contributed by atoms with Gasteiger partial charge in [-0.2, -0.15) is 0 Å². The Hall–Kier alpha value is -0.780.